The van der Waals surface area contributed by atoms with Crippen LogP contribution in [0.4, 0.5) is 16.2 Å². The number of aliphatic hydroxyl groups is 1. The lowest BCUT2D eigenvalue weighted by Crippen LogP contribution is -2.63. The van der Waals surface area contributed by atoms with Gasteiger partial charge in [0.1, 0.15) is 5.75 Å². The van der Waals surface area contributed by atoms with E-state index in [4.69, 9.17) is 4.74 Å². The first-order chi connectivity index (χ1) is 12.9. The van der Waals surface area contributed by atoms with E-state index in [0.29, 0.717) is 29.1 Å². The Hall–Kier alpha value is -3.06. The molecular weight excluding hydrogens is 346 g/mol. The highest BCUT2D eigenvalue weighted by molar-refractivity contribution is 6.11. The number of benzene rings is 2. The predicted octanol–water partition coefficient (Wildman–Crippen LogP) is 2.81. The van der Waals surface area contributed by atoms with Gasteiger partial charge in [0, 0.05) is 17.7 Å². The second-order valence-electron chi connectivity index (χ2n) is 6.47. The monoisotopic (exact) mass is 369 g/mol. The van der Waals surface area contributed by atoms with E-state index >= 15 is 0 Å². The number of nitrogens with zero attached hydrogens (tertiary/aromatic N) is 1. The maximum Gasteiger partial charge on any atom is 0.329 e. The first-order valence-corrected chi connectivity index (χ1v) is 8.80. The third-order valence-corrected chi connectivity index (χ3v) is 4.69. The minimum absolute atomic E-state index is 0.161. The lowest BCUT2D eigenvalue weighted by molar-refractivity contribution is -0.140. The number of urea groups is 1. The maximum atomic E-state index is 13.1. The zero-order valence-corrected chi connectivity index (χ0v) is 15.5. The molecular formula is C20H23N3O4. The van der Waals surface area contributed by atoms with Gasteiger partial charge in [-0.3, -0.25) is 9.69 Å². The lowest BCUT2D eigenvalue weighted by atomic mass is 9.94. The second-order valence-corrected chi connectivity index (χ2v) is 6.47. The number of anilines is 2. The molecule has 2 aromatic carbocycles. The average molecular weight is 369 g/mol. The van der Waals surface area contributed by atoms with Crippen LogP contribution < -0.4 is 20.3 Å². The van der Waals surface area contributed by atoms with Gasteiger partial charge in [-0.25, -0.2) is 4.79 Å². The van der Waals surface area contributed by atoms with Crippen molar-refractivity contribution < 1.29 is 19.4 Å². The first kappa shape index (κ1) is 18.7. The van der Waals surface area contributed by atoms with Gasteiger partial charge in [0.25, 0.3) is 11.6 Å². The van der Waals surface area contributed by atoms with Crippen LogP contribution in [-0.2, 0) is 10.5 Å². The summed E-state index contributed by atoms with van der Waals surface area (Å²) in [6.07, 6.45) is 0.689. The van der Waals surface area contributed by atoms with Gasteiger partial charge < -0.3 is 20.5 Å². The lowest BCUT2D eigenvalue weighted by Gasteiger charge is -2.43. The molecule has 0 saturated carbocycles. The van der Waals surface area contributed by atoms with Crippen LogP contribution in [0.1, 0.15) is 25.8 Å². The molecule has 7 heteroatoms. The summed E-state index contributed by atoms with van der Waals surface area (Å²) in [5, 5.41) is 17.1. The molecule has 0 aliphatic carbocycles. The first-order valence-electron chi connectivity index (χ1n) is 8.80. The number of rotatable bonds is 5. The van der Waals surface area contributed by atoms with E-state index in [1.165, 1.54) is 7.11 Å². The Kier molecular flexibility index (Phi) is 5.05. The Labute approximate surface area is 157 Å². The Morgan fingerprint density at radius 2 is 2.04 bits per heavy atom. The minimum atomic E-state index is -2.20. The maximum absolute atomic E-state index is 13.1. The molecule has 2 aromatic rings. The van der Waals surface area contributed by atoms with Gasteiger partial charge in [0.15, 0.2) is 0 Å². The molecule has 3 N–H and O–H groups in total. The van der Waals surface area contributed by atoms with Crippen molar-refractivity contribution in [1.29, 1.82) is 0 Å². The number of amides is 3. The van der Waals surface area contributed by atoms with Gasteiger partial charge in [-0.2, -0.15) is 0 Å². The molecule has 0 saturated heterocycles. The van der Waals surface area contributed by atoms with Gasteiger partial charge in [-0.05, 0) is 31.5 Å². The van der Waals surface area contributed by atoms with Crippen LogP contribution >= 0.6 is 0 Å². The molecule has 0 aromatic heterocycles. The zero-order valence-electron chi connectivity index (χ0n) is 15.5. The van der Waals surface area contributed by atoms with Crippen molar-refractivity contribution in [3.8, 4) is 5.75 Å². The Morgan fingerprint density at radius 1 is 1.30 bits per heavy atom. The fourth-order valence-corrected chi connectivity index (χ4v) is 3.04. The molecule has 1 aliphatic heterocycles. The third kappa shape index (κ3) is 3.21. The molecule has 0 radical (unpaired) electrons. The van der Waals surface area contributed by atoms with Gasteiger partial charge in [-0.15, -0.1) is 0 Å². The number of carbonyl (C=O) groups excluding carboxylic acids is 2. The highest BCUT2D eigenvalue weighted by Gasteiger charge is 2.52. The van der Waals surface area contributed by atoms with Crippen molar-refractivity contribution in [2.75, 3.05) is 17.3 Å². The van der Waals surface area contributed by atoms with E-state index in [9.17, 15) is 14.7 Å². The van der Waals surface area contributed by atoms with Crippen molar-refractivity contribution in [2.24, 2.45) is 0 Å². The molecule has 7 nitrogen and oxygen atoms in total. The Balaban J connectivity index is 2.17. The largest absolute Gasteiger partial charge is 0.497 e. The molecule has 0 unspecified atom stereocenters. The van der Waals surface area contributed by atoms with Crippen LogP contribution in [0.25, 0.3) is 0 Å². The minimum Gasteiger partial charge on any atom is -0.497 e. The molecule has 2 atom stereocenters. The van der Waals surface area contributed by atoms with E-state index in [0.717, 1.165) is 4.90 Å². The van der Waals surface area contributed by atoms with E-state index in [1.54, 1.807) is 48.5 Å². The SMILES string of the molecule is CC[C@@H](C)NC(=O)[C@@]1(O)c2ccccc2NC(=O)N1c1cccc(OC)c1. The summed E-state index contributed by atoms with van der Waals surface area (Å²) in [6, 6.07) is 12.6. The quantitative estimate of drug-likeness (QED) is 0.756. The number of hydrogen-bond donors (Lipinski definition) is 3. The molecule has 1 aliphatic rings. The number of nitrogens with one attached hydrogen (secondary N) is 2. The van der Waals surface area contributed by atoms with E-state index in [2.05, 4.69) is 10.6 Å². The standard InChI is InChI=1S/C20H23N3O4/c1-4-13(2)21-18(24)20(26)16-10-5-6-11-17(16)22-19(25)23(20)14-8-7-9-15(12-14)27-3/h5-13,26H,4H2,1-3H3,(H,21,24)(H,22,25)/t13-,20+/m1/s1. The number of methoxy groups -OCH3 is 1. The molecule has 0 bridgehead atoms. The van der Waals surface area contributed by atoms with E-state index < -0.39 is 17.7 Å². The molecule has 0 spiro atoms. The summed E-state index contributed by atoms with van der Waals surface area (Å²) in [4.78, 5) is 27.0. The summed E-state index contributed by atoms with van der Waals surface area (Å²) in [5.74, 6) is -0.161. The molecule has 142 valence electrons. The van der Waals surface area contributed by atoms with E-state index in [1.807, 2.05) is 13.8 Å². The fourth-order valence-electron chi connectivity index (χ4n) is 3.04. The molecule has 3 amide bonds. The van der Waals surface area contributed by atoms with Gasteiger partial charge >= 0.3 is 6.03 Å². The zero-order chi connectivity index (χ0) is 19.6. The number of hydrogen-bond acceptors (Lipinski definition) is 4. The third-order valence-electron chi connectivity index (χ3n) is 4.69. The molecule has 3 rings (SSSR count). The summed E-state index contributed by atoms with van der Waals surface area (Å²) in [7, 11) is 1.51. The van der Waals surface area contributed by atoms with Crippen LogP contribution in [0, 0.1) is 0 Å². The molecule has 27 heavy (non-hydrogen) atoms. The van der Waals surface area contributed by atoms with Gasteiger partial charge in [0.05, 0.1) is 18.5 Å². The highest BCUT2D eigenvalue weighted by atomic mass is 16.5. The van der Waals surface area contributed by atoms with Crippen LogP contribution in [0.3, 0.4) is 0 Å². The van der Waals surface area contributed by atoms with Crippen LogP contribution in [-0.4, -0.2) is 30.2 Å². The second kappa shape index (κ2) is 7.28. The normalized spacial score (nSPS) is 19.7. The summed E-state index contributed by atoms with van der Waals surface area (Å²) in [6.45, 7) is 3.77. The Morgan fingerprint density at radius 3 is 2.74 bits per heavy atom. The summed E-state index contributed by atoms with van der Waals surface area (Å²) >= 11 is 0. The van der Waals surface area contributed by atoms with Crippen molar-refractivity contribution >= 4 is 23.3 Å². The van der Waals surface area contributed by atoms with Crippen molar-refractivity contribution in [3.05, 3.63) is 54.1 Å². The average Bonchev–Trinajstić information content (AvgIpc) is 2.67. The van der Waals surface area contributed by atoms with Gasteiger partial charge in [0.2, 0.25) is 0 Å². The number of carbonyl (C=O) groups is 2. The number of ether oxygens (including phenoxy) is 1. The van der Waals surface area contributed by atoms with Crippen LogP contribution in [0.2, 0.25) is 0 Å². The van der Waals surface area contributed by atoms with Crippen molar-refractivity contribution in [1.82, 2.24) is 5.32 Å². The van der Waals surface area contributed by atoms with Gasteiger partial charge in [-0.1, -0.05) is 31.2 Å². The topological polar surface area (TPSA) is 90.9 Å². The molecule has 1 heterocycles. The highest BCUT2D eigenvalue weighted by Crippen LogP contribution is 2.40. The summed E-state index contributed by atoms with van der Waals surface area (Å²) in [5.41, 5.74) is -1.17. The Bertz CT molecular complexity index is 870. The smallest absolute Gasteiger partial charge is 0.329 e. The van der Waals surface area contributed by atoms with Crippen molar-refractivity contribution in [2.45, 2.75) is 32.0 Å². The number of fused-ring (bicyclic) bond motifs is 1. The molecule has 0 fully saturated rings. The fraction of sp³-hybridized carbons (Fsp3) is 0.300. The predicted molar refractivity (Wildman–Crippen MR) is 103 cm³/mol. The van der Waals surface area contributed by atoms with E-state index in [-0.39, 0.29) is 6.04 Å². The van der Waals surface area contributed by atoms with Crippen LogP contribution in [0.5, 0.6) is 5.75 Å². The number of para-hydroxylation sites is 1. The van der Waals surface area contributed by atoms with Crippen LogP contribution in [0.15, 0.2) is 48.5 Å². The van der Waals surface area contributed by atoms with Crippen molar-refractivity contribution in [3.63, 3.8) is 0 Å². The summed E-state index contributed by atoms with van der Waals surface area (Å²) < 4.78 is 5.22.